The minimum atomic E-state index is -0.226. The molecule has 1 unspecified atom stereocenters. The van der Waals surface area contributed by atoms with Gasteiger partial charge in [0.05, 0.1) is 19.6 Å². The minimum Gasteiger partial charge on any atom is -0.497 e. The molecule has 4 nitrogen and oxygen atoms in total. The molecule has 1 heterocycles. The first-order valence-corrected chi connectivity index (χ1v) is 6.12. The second-order valence-electron chi connectivity index (χ2n) is 4.46. The Morgan fingerprint density at radius 2 is 2.17 bits per heavy atom. The SMILES string of the molecule is COc1ccc(CC(=O)N2CCCC2C=O)cc1. The molecule has 0 aliphatic carbocycles. The lowest BCUT2D eigenvalue weighted by molar-refractivity contribution is -0.133. The van der Waals surface area contributed by atoms with E-state index in [9.17, 15) is 9.59 Å². The molecule has 0 spiro atoms. The second-order valence-corrected chi connectivity index (χ2v) is 4.46. The van der Waals surface area contributed by atoms with Crippen molar-refractivity contribution in [3.8, 4) is 5.75 Å². The lowest BCUT2D eigenvalue weighted by atomic mass is 10.1. The van der Waals surface area contributed by atoms with E-state index in [4.69, 9.17) is 4.74 Å². The summed E-state index contributed by atoms with van der Waals surface area (Å²) < 4.78 is 5.07. The zero-order valence-corrected chi connectivity index (χ0v) is 10.5. The van der Waals surface area contributed by atoms with Gasteiger partial charge in [0.25, 0.3) is 0 Å². The van der Waals surface area contributed by atoms with Gasteiger partial charge in [-0.3, -0.25) is 4.79 Å². The molecular weight excluding hydrogens is 230 g/mol. The molecule has 0 N–H and O–H groups in total. The van der Waals surface area contributed by atoms with Crippen LogP contribution in [0.4, 0.5) is 0 Å². The maximum atomic E-state index is 12.1. The van der Waals surface area contributed by atoms with Crippen LogP contribution in [0.5, 0.6) is 5.75 Å². The van der Waals surface area contributed by atoms with Gasteiger partial charge in [-0.15, -0.1) is 0 Å². The number of hydrogen-bond acceptors (Lipinski definition) is 3. The zero-order chi connectivity index (χ0) is 13.0. The molecule has 0 aromatic heterocycles. The van der Waals surface area contributed by atoms with Gasteiger partial charge < -0.3 is 14.4 Å². The quantitative estimate of drug-likeness (QED) is 0.756. The number of methoxy groups -OCH3 is 1. The summed E-state index contributed by atoms with van der Waals surface area (Å²) >= 11 is 0. The van der Waals surface area contributed by atoms with Gasteiger partial charge in [0.15, 0.2) is 0 Å². The third-order valence-corrected chi connectivity index (χ3v) is 3.29. The number of hydrogen-bond donors (Lipinski definition) is 0. The molecule has 0 radical (unpaired) electrons. The zero-order valence-electron chi connectivity index (χ0n) is 10.5. The van der Waals surface area contributed by atoms with Crippen molar-refractivity contribution in [1.29, 1.82) is 0 Å². The number of benzene rings is 1. The normalized spacial score (nSPS) is 18.7. The monoisotopic (exact) mass is 247 g/mol. The highest BCUT2D eigenvalue weighted by molar-refractivity contribution is 5.82. The molecule has 0 bridgehead atoms. The van der Waals surface area contributed by atoms with Crippen molar-refractivity contribution >= 4 is 12.2 Å². The first-order chi connectivity index (χ1) is 8.74. The molecule has 18 heavy (non-hydrogen) atoms. The molecule has 1 fully saturated rings. The molecule has 1 aromatic carbocycles. The number of ether oxygens (including phenoxy) is 1. The molecule has 1 aliphatic rings. The molecule has 1 atom stereocenters. The number of nitrogens with zero attached hydrogens (tertiary/aromatic N) is 1. The number of likely N-dealkylation sites (tertiary alicyclic amines) is 1. The van der Waals surface area contributed by atoms with Crippen molar-refractivity contribution < 1.29 is 14.3 Å². The lowest BCUT2D eigenvalue weighted by Gasteiger charge is -2.20. The van der Waals surface area contributed by atoms with E-state index < -0.39 is 0 Å². The first-order valence-electron chi connectivity index (χ1n) is 6.12. The Balaban J connectivity index is 1.99. The van der Waals surface area contributed by atoms with Crippen LogP contribution in [-0.4, -0.2) is 36.8 Å². The van der Waals surface area contributed by atoms with Gasteiger partial charge in [0.1, 0.15) is 12.0 Å². The topological polar surface area (TPSA) is 46.6 Å². The molecular formula is C14H17NO3. The van der Waals surface area contributed by atoms with Gasteiger partial charge in [-0.05, 0) is 30.5 Å². The van der Waals surface area contributed by atoms with Gasteiger partial charge in [-0.2, -0.15) is 0 Å². The first kappa shape index (κ1) is 12.6. The van der Waals surface area contributed by atoms with Crippen LogP contribution >= 0.6 is 0 Å². The van der Waals surface area contributed by atoms with Crippen molar-refractivity contribution in [3.63, 3.8) is 0 Å². The summed E-state index contributed by atoms with van der Waals surface area (Å²) in [6, 6.07) is 7.20. The predicted molar refractivity (Wildman–Crippen MR) is 67.5 cm³/mol. The van der Waals surface area contributed by atoms with Crippen molar-refractivity contribution in [1.82, 2.24) is 4.90 Å². The van der Waals surface area contributed by atoms with Crippen molar-refractivity contribution in [3.05, 3.63) is 29.8 Å². The molecule has 1 aromatic rings. The van der Waals surface area contributed by atoms with Gasteiger partial charge in [0.2, 0.25) is 5.91 Å². The standard InChI is InChI=1S/C14H17NO3/c1-18-13-6-4-11(5-7-13)9-14(17)15-8-2-3-12(15)10-16/h4-7,10,12H,2-3,8-9H2,1H3. The van der Waals surface area contributed by atoms with Crippen LogP contribution in [-0.2, 0) is 16.0 Å². The average molecular weight is 247 g/mol. The summed E-state index contributed by atoms with van der Waals surface area (Å²) in [5.74, 6) is 0.799. The third kappa shape index (κ3) is 2.70. The smallest absolute Gasteiger partial charge is 0.227 e. The van der Waals surface area contributed by atoms with Gasteiger partial charge in [0, 0.05) is 6.54 Å². The van der Waals surface area contributed by atoms with Gasteiger partial charge in [-0.1, -0.05) is 12.1 Å². The largest absolute Gasteiger partial charge is 0.497 e. The number of carbonyl (C=O) groups is 2. The third-order valence-electron chi connectivity index (χ3n) is 3.29. The Morgan fingerprint density at radius 1 is 1.44 bits per heavy atom. The molecule has 0 saturated carbocycles. The average Bonchev–Trinajstić information content (AvgIpc) is 2.88. The van der Waals surface area contributed by atoms with Crippen LogP contribution in [0, 0.1) is 0 Å². The highest BCUT2D eigenvalue weighted by atomic mass is 16.5. The van der Waals surface area contributed by atoms with Gasteiger partial charge >= 0.3 is 0 Å². The van der Waals surface area contributed by atoms with Crippen molar-refractivity contribution in [2.24, 2.45) is 0 Å². The van der Waals surface area contributed by atoms with E-state index in [1.165, 1.54) is 0 Å². The van der Waals surface area contributed by atoms with E-state index in [1.807, 2.05) is 24.3 Å². The fourth-order valence-electron chi connectivity index (χ4n) is 2.26. The second kappa shape index (κ2) is 5.67. The van der Waals surface area contributed by atoms with Crippen LogP contribution in [0.25, 0.3) is 0 Å². The Morgan fingerprint density at radius 3 is 2.78 bits per heavy atom. The van der Waals surface area contributed by atoms with Crippen LogP contribution in [0.3, 0.4) is 0 Å². The summed E-state index contributed by atoms with van der Waals surface area (Å²) in [5.41, 5.74) is 0.942. The fraction of sp³-hybridized carbons (Fsp3) is 0.429. The summed E-state index contributed by atoms with van der Waals surface area (Å²) in [5, 5.41) is 0. The van der Waals surface area contributed by atoms with Crippen LogP contribution in [0.2, 0.25) is 0 Å². The van der Waals surface area contributed by atoms with Gasteiger partial charge in [-0.25, -0.2) is 0 Å². The van der Waals surface area contributed by atoms with E-state index in [2.05, 4.69) is 0 Å². The summed E-state index contributed by atoms with van der Waals surface area (Å²) in [6.07, 6.45) is 2.92. The van der Waals surface area contributed by atoms with Crippen LogP contribution in [0.1, 0.15) is 18.4 Å². The predicted octanol–water partition coefficient (Wildman–Crippen LogP) is 1.43. The van der Waals surface area contributed by atoms with E-state index in [-0.39, 0.29) is 11.9 Å². The number of aldehydes is 1. The number of amides is 1. The summed E-state index contributed by atoms with van der Waals surface area (Å²) in [7, 11) is 1.61. The van der Waals surface area contributed by atoms with Crippen molar-refractivity contribution in [2.45, 2.75) is 25.3 Å². The van der Waals surface area contributed by atoms with Crippen LogP contribution < -0.4 is 4.74 Å². The molecule has 2 rings (SSSR count). The molecule has 96 valence electrons. The Kier molecular flexibility index (Phi) is 3.97. The highest BCUT2D eigenvalue weighted by Crippen LogP contribution is 2.18. The van der Waals surface area contributed by atoms with E-state index >= 15 is 0 Å². The Labute approximate surface area is 107 Å². The van der Waals surface area contributed by atoms with Crippen molar-refractivity contribution in [2.75, 3.05) is 13.7 Å². The van der Waals surface area contributed by atoms with E-state index in [1.54, 1.807) is 12.0 Å². The number of rotatable bonds is 4. The maximum Gasteiger partial charge on any atom is 0.227 e. The minimum absolute atomic E-state index is 0.0229. The lowest BCUT2D eigenvalue weighted by Crippen LogP contribution is -2.37. The molecule has 4 heteroatoms. The summed E-state index contributed by atoms with van der Waals surface area (Å²) in [6.45, 7) is 0.693. The highest BCUT2D eigenvalue weighted by Gasteiger charge is 2.27. The van der Waals surface area contributed by atoms with E-state index in [0.717, 1.165) is 30.4 Å². The molecule has 1 aliphatic heterocycles. The fourth-order valence-corrected chi connectivity index (χ4v) is 2.26. The maximum absolute atomic E-state index is 12.1. The number of carbonyl (C=O) groups excluding carboxylic acids is 2. The molecule has 1 saturated heterocycles. The summed E-state index contributed by atoms with van der Waals surface area (Å²) in [4.78, 5) is 24.6. The van der Waals surface area contributed by atoms with E-state index in [0.29, 0.717) is 13.0 Å². The Hall–Kier alpha value is -1.84. The van der Waals surface area contributed by atoms with Crippen LogP contribution in [0.15, 0.2) is 24.3 Å². The molecule has 1 amide bonds. The Bertz CT molecular complexity index is 427.